The van der Waals surface area contributed by atoms with E-state index in [0.717, 1.165) is 5.56 Å². The summed E-state index contributed by atoms with van der Waals surface area (Å²) >= 11 is 0. The predicted molar refractivity (Wildman–Crippen MR) is 54.4 cm³/mol. The van der Waals surface area contributed by atoms with Crippen LogP contribution in [0.25, 0.3) is 5.69 Å². The molecule has 0 spiro atoms. The Hall–Kier alpha value is -1.97. The number of aryl methyl sites for hydroxylation is 1. The van der Waals surface area contributed by atoms with Gasteiger partial charge in [0.1, 0.15) is 5.75 Å². The van der Waals surface area contributed by atoms with Crippen molar-refractivity contribution >= 4 is 5.69 Å². The lowest BCUT2D eigenvalue weighted by atomic mass is 10.2. The Morgan fingerprint density at radius 1 is 1.43 bits per heavy atom. The Labute approximate surface area is 81.6 Å². The number of phenols is 1. The van der Waals surface area contributed by atoms with Crippen LogP contribution in [-0.2, 0) is 0 Å². The summed E-state index contributed by atoms with van der Waals surface area (Å²) in [6.45, 7) is 1.95. The molecule has 0 radical (unpaired) electrons. The molecule has 0 bridgehead atoms. The van der Waals surface area contributed by atoms with Crippen LogP contribution in [0.3, 0.4) is 0 Å². The average Bonchev–Trinajstić information content (AvgIpc) is 2.56. The van der Waals surface area contributed by atoms with Crippen LogP contribution in [0, 0.1) is 6.92 Å². The number of benzene rings is 1. The van der Waals surface area contributed by atoms with Crippen LogP contribution < -0.4 is 5.73 Å². The van der Waals surface area contributed by atoms with Crippen molar-refractivity contribution < 1.29 is 5.11 Å². The molecule has 14 heavy (non-hydrogen) atoms. The lowest BCUT2D eigenvalue weighted by Gasteiger charge is -2.05. The van der Waals surface area contributed by atoms with Crippen molar-refractivity contribution in [3.8, 4) is 11.4 Å². The molecule has 0 fully saturated rings. The van der Waals surface area contributed by atoms with Gasteiger partial charge in [0.15, 0.2) is 0 Å². The van der Waals surface area contributed by atoms with E-state index in [4.69, 9.17) is 5.73 Å². The maximum atomic E-state index is 9.31. The van der Waals surface area contributed by atoms with Crippen LogP contribution in [0.4, 0.5) is 5.69 Å². The summed E-state index contributed by atoms with van der Waals surface area (Å²) < 4.78 is 1.64. The van der Waals surface area contributed by atoms with Gasteiger partial charge in [-0.3, -0.25) is 0 Å². The van der Waals surface area contributed by atoms with E-state index in [-0.39, 0.29) is 5.75 Å². The van der Waals surface area contributed by atoms with Crippen LogP contribution >= 0.6 is 0 Å². The molecule has 72 valence electrons. The number of anilines is 1. The molecule has 2 rings (SSSR count). The predicted octanol–water partition coefficient (Wildman–Crippen LogP) is 1.47. The fourth-order valence-electron chi connectivity index (χ4n) is 1.28. The normalized spacial score (nSPS) is 10.4. The van der Waals surface area contributed by atoms with Crippen LogP contribution in [-0.4, -0.2) is 14.9 Å². The summed E-state index contributed by atoms with van der Waals surface area (Å²) in [5, 5.41) is 13.4. The minimum absolute atomic E-state index is 0.183. The topological polar surface area (TPSA) is 64.1 Å². The first kappa shape index (κ1) is 8.62. The van der Waals surface area contributed by atoms with Gasteiger partial charge in [0.05, 0.1) is 17.6 Å². The number of aromatic nitrogens is 2. The second-order valence-electron chi connectivity index (χ2n) is 3.21. The molecular weight excluding hydrogens is 178 g/mol. The number of aromatic hydroxyl groups is 1. The first-order chi connectivity index (χ1) is 6.66. The Morgan fingerprint density at radius 3 is 2.86 bits per heavy atom. The van der Waals surface area contributed by atoms with Crippen molar-refractivity contribution in [3.05, 3.63) is 36.2 Å². The molecule has 1 heterocycles. The Kier molecular flexibility index (Phi) is 1.89. The van der Waals surface area contributed by atoms with E-state index in [1.807, 2.05) is 13.1 Å². The monoisotopic (exact) mass is 189 g/mol. The highest BCUT2D eigenvalue weighted by molar-refractivity contribution is 5.59. The molecule has 0 saturated heterocycles. The lowest BCUT2D eigenvalue weighted by Crippen LogP contribution is -1.99. The molecule has 1 aromatic heterocycles. The molecule has 0 aliphatic rings. The van der Waals surface area contributed by atoms with Crippen molar-refractivity contribution in [2.75, 3.05) is 5.73 Å². The van der Waals surface area contributed by atoms with Gasteiger partial charge in [-0.05, 0) is 24.6 Å². The standard InChI is InChI=1S/C10H11N3O/c1-7-5-12-13(6-7)10-4-8(14)2-3-9(10)11/h2-6,14H,11H2,1H3. The molecule has 0 saturated carbocycles. The minimum atomic E-state index is 0.183. The van der Waals surface area contributed by atoms with E-state index in [9.17, 15) is 5.11 Å². The molecular formula is C10H11N3O. The summed E-state index contributed by atoms with van der Waals surface area (Å²) in [5.41, 5.74) is 8.09. The van der Waals surface area contributed by atoms with Crippen molar-refractivity contribution in [1.82, 2.24) is 9.78 Å². The van der Waals surface area contributed by atoms with Crippen LogP contribution in [0.5, 0.6) is 5.75 Å². The third-order valence-corrected chi connectivity index (χ3v) is 1.97. The maximum absolute atomic E-state index is 9.31. The van der Waals surface area contributed by atoms with Crippen molar-refractivity contribution in [1.29, 1.82) is 0 Å². The number of nitrogens with zero attached hydrogens (tertiary/aromatic N) is 2. The highest BCUT2D eigenvalue weighted by atomic mass is 16.3. The molecule has 2 aromatic rings. The fraction of sp³-hybridized carbons (Fsp3) is 0.100. The fourth-order valence-corrected chi connectivity index (χ4v) is 1.28. The zero-order valence-electron chi connectivity index (χ0n) is 7.81. The molecule has 0 atom stereocenters. The van der Waals surface area contributed by atoms with E-state index in [2.05, 4.69) is 5.10 Å². The third kappa shape index (κ3) is 1.42. The Morgan fingerprint density at radius 2 is 2.21 bits per heavy atom. The number of phenolic OH excluding ortho intramolecular Hbond substituents is 1. The van der Waals surface area contributed by atoms with E-state index in [1.54, 1.807) is 29.1 Å². The number of nitrogens with two attached hydrogens (primary N) is 1. The van der Waals surface area contributed by atoms with Gasteiger partial charge in [-0.25, -0.2) is 4.68 Å². The number of nitrogen functional groups attached to an aromatic ring is 1. The van der Waals surface area contributed by atoms with Crippen molar-refractivity contribution in [2.45, 2.75) is 6.92 Å². The summed E-state index contributed by atoms with van der Waals surface area (Å²) in [7, 11) is 0. The van der Waals surface area contributed by atoms with E-state index >= 15 is 0 Å². The van der Waals surface area contributed by atoms with Crippen LogP contribution in [0.15, 0.2) is 30.6 Å². The van der Waals surface area contributed by atoms with Gasteiger partial charge >= 0.3 is 0 Å². The highest BCUT2D eigenvalue weighted by Gasteiger charge is 2.03. The highest BCUT2D eigenvalue weighted by Crippen LogP contribution is 2.21. The second kappa shape index (κ2) is 3.06. The third-order valence-electron chi connectivity index (χ3n) is 1.97. The molecule has 0 unspecified atom stereocenters. The van der Waals surface area contributed by atoms with E-state index in [0.29, 0.717) is 11.4 Å². The van der Waals surface area contributed by atoms with E-state index < -0.39 is 0 Å². The molecule has 4 heteroatoms. The summed E-state index contributed by atoms with van der Waals surface area (Å²) in [6, 6.07) is 4.79. The Bertz CT molecular complexity index is 462. The van der Waals surface area contributed by atoms with Crippen molar-refractivity contribution in [2.24, 2.45) is 0 Å². The zero-order chi connectivity index (χ0) is 10.1. The summed E-state index contributed by atoms with van der Waals surface area (Å²) in [5.74, 6) is 0.183. The van der Waals surface area contributed by atoms with Crippen molar-refractivity contribution in [3.63, 3.8) is 0 Å². The van der Waals surface area contributed by atoms with Crippen LogP contribution in [0.2, 0.25) is 0 Å². The quantitative estimate of drug-likeness (QED) is 0.527. The molecule has 0 aliphatic heterocycles. The molecule has 0 amide bonds. The van der Waals surface area contributed by atoms with Gasteiger partial charge in [-0.1, -0.05) is 0 Å². The largest absolute Gasteiger partial charge is 0.508 e. The second-order valence-corrected chi connectivity index (χ2v) is 3.21. The number of hydrogen-bond acceptors (Lipinski definition) is 3. The van der Waals surface area contributed by atoms with Gasteiger partial charge < -0.3 is 10.8 Å². The smallest absolute Gasteiger partial charge is 0.117 e. The minimum Gasteiger partial charge on any atom is -0.508 e. The SMILES string of the molecule is Cc1cnn(-c2cc(O)ccc2N)c1. The Balaban J connectivity index is 2.55. The molecule has 4 nitrogen and oxygen atoms in total. The van der Waals surface area contributed by atoms with Gasteiger partial charge in [-0.2, -0.15) is 5.10 Å². The first-order valence-electron chi connectivity index (χ1n) is 4.27. The zero-order valence-corrected chi connectivity index (χ0v) is 7.81. The van der Waals surface area contributed by atoms with Crippen LogP contribution in [0.1, 0.15) is 5.56 Å². The van der Waals surface area contributed by atoms with Gasteiger partial charge in [0.2, 0.25) is 0 Å². The first-order valence-corrected chi connectivity index (χ1v) is 4.27. The average molecular weight is 189 g/mol. The molecule has 0 aliphatic carbocycles. The number of rotatable bonds is 1. The summed E-state index contributed by atoms with van der Waals surface area (Å²) in [6.07, 6.45) is 3.59. The van der Waals surface area contributed by atoms with E-state index in [1.165, 1.54) is 0 Å². The maximum Gasteiger partial charge on any atom is 0.117 e. The lowest BCUT2D eigenvalue weighted by molar-refractivity contribution is 0.475. The van der Waals surface area contributed by atoms with Gasteiger partial charge in [-0.15, -0.1) is 0 Å². The van der Waals surface area contributed by atoms with Gasteiger partial charge in [0.25, 0.3) is 0 Å². The molecule has 3 N–H and O–H groups in total. The molecule has 1 aromatic carbocycles. The van der Waals surface area contributed by atoms with Gasteiger partial charge in [0, 0.05) is 12.3 Å². The number of hydrogen-bond donors (Lipinski definition) is 2. The summed E-state index contributed by atoms with van der Waals surface area (Å²) in [4.78, 5) is 0.